The SMILES string of the molecule is Cc1cc(C(=O)C(C)(C)C)c(C)cc1O. The molecule has 82 valence electrons. The maximum atomic E-state index is 12.1. The van der Waals surface area contributed by atoms with Gasteiger partial charge in [0.1, 0.15) is 5.75 Å². The monoisotopic (exact) mass is 206 g/mol. The molecule has 0 spiro atoms. The standard InChI is InChI=1S/C13H18O2/c1-8-7-11(14)9(2)6-10(8)12(15)13(3,4)5/h6-7,14H,1-5H3. The summed E-state index contributed by atoms with van der Waals surface area (Å²) in [6.07, 6.45) is 0. The number of ketones is 1. The number of aryl methyl sites for hydroxylation is 2. The summed E-state index contributed by atoms with van der Waals surface area (Å²) in [5.41, 5.74) is 1.90. The largest absolute Gasteiger partial charge is 0.508 e. The van der Waals surface area contributed by atoms with Crippen LogP contribution in [0.15, 0.2) is 12.1 Å². The van der Waals surface area contributed by atoms with Crippen molar-refractivity contribution in [1.82, 2.24) is 0 Å². The molecular weight excluding hydrogens is 188 g/mol. The minimum Gasteiger partial charge on any atom is -0.508 e. The van der Waals surface area contributed by atoms with Gasteiger partial charge in [0.15, 0.2) is 5.78 Å². The first kappa shape index (κ1) is 11.8. The zero-order valence-electron chi connectivity index (χ0n) is 10.0. The molecule has 1 aromatic carbocycles. The van der Waals surface area contributed by atoms with E-state index in [1.54, 1.807) is 19.1 Å². The fourth-order valence-corrected chi connectivity index (χ4v) is 1.45. The molecule has 2 heteroatoms. The van der Waals surface area contributed by atoms with Crippen molar-refractivity contribution in [2.75, 3.05) is 0 Å². The molecule has 0 unspecified atom stereocenters. The number of Topliss-reactive ketones (excluding diaryl/α,β-unsaturated/α-hetero) is 1. The average molecular weight is 206 g/mol. The van der Waals surface area contributed by atoms with Crippen LogP contribution in [0.25, 0.3) is 0 Å². The second kappa shape index (κ2) is 3.69. The fourth-order valence-electron chi connectivity index (χ4n) is 1.45. The molecule has 0 heterocycles. The van der Waals surface area contributed by atoms with Gasteiger partial charge in [0, 0.05) is 11.0 Å². The van der Waals surface area contributed by atoms with Crippen LogP contribution in [0.2, 0.25) is 0 Å². The molecule has 0 aliphatic carbocycles. The quantitative estimate of drug-likeness (QED) is 0.716. The van der Waals surface area contributed by atoms with Crippen LogP contribution in [-0.2, 0) is 0 Å². The van der Waals surface area contributed by atoms with Crippen molar-refractivity contribution >= 4 is 5.78 Å². The molecule has 2 nitrogen and oxygen atoms in total. The van der Waals surface area contributed by atoms with Crippen LogP contribution in [0.3, 0.4) is 0 Å². The van der Waals surface area contributed by atoms with Gasteiger partial charge >= 0.3 is 0 Å². The molecule has 0 amide bonds. The maximum Gasteiger partial charge on any atom is 0.168 e. The van der Waals surface area contributed by atoms with Crippen LogP contribution in [0.4, 0.5) is 0 Å². The fraction of sp³-hybridized carbons (Fsp3) is 0.462. The molecule has 15 heavy (non-hydrogen) atoms. The lowest BCUT2D eigenvalue weighted by Crippen LogP contribution is -2.21. The normalized spacial score (nSPS) is 11.5. The van der Waals surface area contributed by atoms with Gasteiger partial charge in [-0.05, 0) is 37.1 Å². The summed E-state index contributed by atoms with van der Waals surface area (Å²) in [4.78, 5) is 12.1. The van der Waals surface area contributed by atoms with Gasteiger partial charge in [0.05, 0.1) is 0 Å². The predicted molar refractivity (Wildman–Crippen MR) is 61.4 cm³/mol. The number of phenols is 1. The highest BCUT2D eigenvalue weighted by Crippen LogP contribution is 2.27. The molecule has 0 atom stereocenters. The summed E-state index contributed by atoms with van der Waals surface area (Å²) in [6.45, 7) is 9.34. The molecule has 1 aromatic rings. The Morgan fingerprint density at radius 3 is 2.13 bits per heavy atom. The first-order valence-corrected chi connectivity index (χ1v) is 5.08. The zero-order chi connectivity index (χ0) is 11.8. The van der Waals surface area contributed by atoms with Crippen molar-refractivity contribution in [1.29, 1.82) is 0 Å². The van der Waals surface area contributed by atoms with Gasteiger partial charge in [0.25, 0.3) is 0 Å². The number of benzene rings is 1. The highest BCUT2D eigenvalue weighted by molar-refractivity contribution is 6.01. The Kier molecular flexibility index (Phi) is 2.89. The summed E-state index contributed by atoms with van der Waals surface area (Å²) >= 11 is 0. The van der Waals surface area contributed by atoms with E-state index in [2.05, 4.69) is 0 Å². The highest BCUT2D eigenvalue weighted by atomic mass is 16.3. The maximum absolute atomic E-state index is 12.1. The topological polar surface area (TPSA) is 37.3 Å². The lowest BCUT2D eigenvalue weighted by molar-refractivity contribution is 0.0857. The lowest BCUT2D eigenvalue weighted by atomic mass is 9.84. The Bertz CT molecular complexity index is 398. The highest BCUT2D eigenvalue weighted by Gasteiger charge is 2.24. The van der Waals surface area contributed by atoms with Gasteiger partial charge in [-0.25, -0.2) is 0 Å². The van der Waals surface area contributed by atoms with Crippen LogP contribution in [0, 0.1) is 19.3 Å². The van der Waals surface area contributed by atoms with E-state index in [1.807, 2.05) is 27.7 Å². The Morgan fingerprint density at radius 2 is 1.67 bits per heavy atom. The third kappa shape index (κ3) is 2.38. The molecule has 0 aliphatic rings. The van der Waals surface area contributed by atoms with E-state index in [0.29, 0.717) is 5.56 Å². The molecule has 1 N–H and O–H groups in total. The number of carbonyl (C=O) groups excluding carboxylic acids is 1. The molecule has 0 aliphatic heterocycles. The third-order valence-corrected chi connectivity index (χ3v) is 2.47. The van der Waals surface area contributed by atoms with Gasteiger partial charge < -0.3 is 5.11 Å². The Labute approximate surface area is 90.9 Å². The molecule has 1 rings (SSSR count). The molecule has 0 aromatic heterocycles. The first-order chi connectivity index (χ1) is 6.73. The van der Waals surface area contributed by atoms with Crippen molar-refractivity contribution < 1.29 is 9.90 Å². The molecule has 0 fully saturated rings. The van der Waals surface area contributed by atoms with E-state index in [1.165, 1.54) is 0 Å². The predicted octanol–water partition coefficient (Wildman–Crippen LogP) is 3.24. The molecule has 0 radical (unpaired) electrons. The first-order valence-electron chi connectivity index (χ1n) is 5.08. The third-order valence-electron chi connectivity index (χ3n) is 2.47. The number of rotatable bonds is 1. The van der Waals surface area contributed by atoms with Gasteiger partial charge in [0.2, 0.25) is 0 Å². The van der Waals surface area contributed by atoms with Crippen molar-refractivity contribution in [3.8, 4) is 5.75 Å². The number of carbonyl (C=O) groups is 1. The summed E-state index contributed by atoms with van der Waals surface area (Å²) < 4.78 is 0. The van der Waals surface area contributed by atoms with E-state index in [9.17, 15) is 9.90 Å². The van der Waals surface area contributed by atoms with Gasteiger partial charge in [-0.1, -0.05) is 20.8 Å². The van der Waals surface area contributed by atoms with E-state index >= 15 is 0 Å². The van der Waals surface area contributed by atoms with Gasteiger partial charge in [-0.3, -0.25) is 4.79 Å². The van der Waals surface area contributed by atoms with E-state index < -0.39 is 0 Å². The van der Waals surface area contributed by atoms with Crippen LogP contribution >= 0.6 is 0 Å². The minimum absolute atomic E-state index is 0.114. The summed E-state index contributed by atoms with van der Waals surface area (Å²) in [6, 6.07) is 3.41. The van der Waals surface area contributed by atoms with Crippen LogP contribution in [-0.4, -0.2) is 10.9 Å². The van der Waals surface area contributed by atoms with Crippen LogP contribution in [0.1, 0.15) is 42.3 Å². The molecule has 0 bridgehead atoms. The van der Waals surface area contributed by atoms with Gasteiger partial charge in [-0.15, -0.1) is 0 Å². The Balaban J connectivity index is 3.28. The van der Waals surface area contributed by atoms with Crippen molar-refractivity contribution in [2.45, 2.75) is 34.6 Å². The Morgan fingerprint density at radius 1 is 1.13 bits per heavy atom. The van der Waals surface area contributed by atoms with Crippen molar-refractivity contribution in [2.24, 2.45) is 5.41 Å². The lowest BCUT2D eigenvalue weighted by Gasteiger charge is -2.18. The van der Waals surface area contributed by atoms with Crippen molar-refractivity contribution in [3.05, 3.63) is 28.8 Å². The second-order valence-electron chi connectivity index (χ2n) is 5.03. The summed E-state index contributed by atoms with van der Waals surface area (Å²) in [5, 5.41) is 9.50. The van der Waals surface area contributed by atoms with Gasteiger partial charge in [-0.2, -0.15) is 0 Å². The van der Waals surface area contributed by atoms with E-state index in [4.69, 9.17) is 0 Å². The number of hydrogen-bond donors (Lipinski definition) is 1. The number of aromatic hydroxyl groups is 1. The van der Waals surface area contributed by atoms with E-state index in [0.717, 1.165) is 11.1 Å². The average Bonchev–Trinajstić information content (AvgIpc) is 2.08. The van der Waals surface area contributed by atoms with Crippen molar-refractivity contribution in [3.63, 3.8) is 0 Å². The molecular formula is C13H18O2. The zero-order valence-corrected chi connectivity index (χ0v) is 10.0. The summed E-state index contributed by atoms with van der Waals surface area (Å²) in [5.74, 6) is 0.362. The van der Waals surface area contributed by atoms with Crippen LogP contribution in [0.5, 0.6) is 5.75 Å². The molecule has 0 saturated carbocycles. The number of hydrogen-bond acceptors (Lipinski definition) is 2. The van der Waals surface area contributed by atoms with Crippen LogP contribution < -0.4 is 0 Å². The Hall–Kier alpha value is -1.31. The summed E-state index contributed by atoms with van der Waals surface area (Å²) in [7, 11) is 0. The smallest absolute Gasteiger partial charge is 0.168 e. The minimum atomic E-state index is -0.381. The molecule has 0 saturated heterocycles. The number of phenolic OH excluding ortho intramolecular Hbond substituents is 1. The second-order valence-corrected chi connectivity index (χ2v) is 5.03. The van der Waals surface area contributed by atoms with E-state index in [-0.39, 0.29) is 16.9 Å².